The van der Waals surface area contributed by atoms with Gasteiger partial charge in [-0.3, -0.25) is 4.79 Å². The molecule has 1 aliphatic heterocycles. The molecule has 31 heavy (non-hydrogen) atoms. The van der Waals surface area contributed by atoms with Gasteiger partial charge in [-0.15, -0.1) is 0 Å². The van der Waals surface area contributed by atoms with E-state index in [1.165, 1.54) is 0 Å². The molecule has 162 valence electrons. The molecule has 9 heteroatoms. The molecule has 0 spiro atoms. The maximum Gasteiger partial charge on any atom is 0.256 e. The van der Waals surface area contributed by atoms with Crippen LogP contribution in [0.4, 0.5) is 5.69 Å². The fraction of sp³-hybridized carbons (Fsp3) is 0.409. The second kappa shape index (κ2) is 7.31. The van der Waals surface area contributed by atoms with Crippen LogP contribution in [0, 0.1) is 13.8 Å². The lowest BCUT2D eigenvalue weighted by Gasteiger charge is -2.13. The van der Waals surface area contributed by atoms with Crippen LogP contribution in [0.2, 0.25) is 5.02 Å². The molecule has 7 nitrogen and oxygen atoms in total. The zero-order valence-electron chi connectivity index (χ0n) is 17.4. The fourth-order valence-corrected chi connectivity index (χ4v) is 6.12. The number of benzene rings is 1. The van der Waals surface area contributed by atoms with E-state index < -0.39 is 9.84 Å². The highest BCUT2D eigenvalue weighted by Gasteiger charge is 2.34. The monoisotopic (exact) mass is 458 g/mol. The molecule has 0 bridgehead atoms. The van der Waals surface area contributed by atoms with Crippen LogP contribution in [0.3, 0.4) is 0 Å². The molecule has 3 heterocycles. The fourth-order valence-electron chi connectivity index (χ4n) is 4.26. The van der Waals surface area contributed by atoms with Gasteiger partial charge in [-0.05, 0) is 56.9 Å². The number of pyridine rings is 1. The number of hydrogen-bond acceptors (Lipinski definition) is 5. The van der Waals surface area contributed by atoms with Gasteiger partial charge in [-0.2, -0.15) is 5.10 Å². The quantitative estimate of drug-likeness (QED) is 0.632. The van der Waals surface area contributed by atoms with Crippen molar-refractivity contribution >= 4 is 44.1 Å². The molecule has 1 saturated heterocycles. The molecule has 1 atom stereocenters. The topological polar surface area (TPSA) is 93.9 Å². The number of fused-ring (bicyclic) bond motifs is 1. The minimum absolute atomic E-state index is 0.0573. The average molecular weight is 459 g/mol. The highest BCUT2D eigenvalue weighted by atomic mass is 35.5. The van der Waals surface area contributed by atoms with E-state index in [1.54, 1.807) is 16.8 Å². The second-order valence-electron chi connectivity index (χ2n) is 8.52. The van der Waals surface area contributed by atoms with Gasteiger partial charge in [0.15, 0.2) is 15.5 Å². The van der Waals surface area contributed by atoms with Crippen LogP contribution in [0.5, 0.6) is 0 Å². The molecular weight excluding hydrogens is 436 g/mol. The van der Waals surface area contributed by atoms with Crippen LogP contribution in [0.25, 0.3) is 11.0 Å². The number of nitrogens with zero attached hydrogens (tertiary/aromatic N) is 3. The largest absolute Gasteiger partial charge is 0.322 e. The summed E-state index contributed by atoms with van der Waals surface area (Å²) in [4.78, 5) is 18.2. The van der Waals surface area contributed by atoms with Crippen molar-refractivity contribution in [3.05, 3.63) is 51.8 Å². The Hall–Kier alpha value is -2.45. The summed E-state index contributed by atoms with van der Waals surface area (Å²) in [6, 6.07) is 7.01. The molecule has 1 amide bonds. The molecule has 1 N–H and O–H groups in total. The van der Waals surface area contributed by atoms with Gasteiger partial charge in [0.2, 0.25) is 0 Å². The summed E-state index contributed by atoms with van der Waals surface area (Å²) in [5, 5.41) is 8.87. The Morgan fingerprint density at radius 3 is 2.68 bits per heavy atom. The first-order valence-corrected chi connectivity index (χ1v) is 12.6. The normalized spacial score (nSPS) is 20.3. The standard InChI is InChI=1S/C22H23ClN4O3S/c1-12-17(23)4-3-5-18(12)25-22(28)16-10-19(14-6-7-14)24-21-20(16)13(2)26-27(21)15-8-9-31(29,30)11-15/h3-5,10,14-15H,6-9,11H2,1-2H3,(H,25,28). The zero-order valence-corrected chi connectivity index (χ0v) is 18.9. The van der Waals surface area contributed by atoms with Gasteiger partial charge in [0, 0.05) is 22.3 Å². The van der Waals surface area contributed by atoms with Gasteiger partial charge in [0.25, 0.3) is 5.91 Å². The molecule has 1 aromatic carbocycles. The SMILES string of the molecule is Cc1c(Cl)cccc1NC(=O)c1cc(C2CC2)nc2c1c(C)nn2C1CCS(=O)(=O)C1. The third-order valence-corrected chi connectivity index (χ3v) is 8.33. The first-order chi connectivity index (χ1) is 14.7. The van der Waals surface area contributed by atoms with E-state index in [9.17, 15) is 13.2 Å². The van der Waals surface area contributed by atoms with Gasteiger partial charge in [-0.25, -0.2) is 18.1 Å². The molecule has 2 aromatic heterocycles. The molecule has 5 rings (SSSR count). The maximum absolute atomic E-state index is 13.4. The Labute approximate surface area is 185 Å². The Kier molecular flexibility index (Phi) is 4.82. The zero-order chi connectivity index (χ0) is 21.9. The number of nitrogens with one attached hydrogen (secondary N) is 1. The van der Waals surface area contributed by atoms with Crippen molar-refractivity contribution in [1.29, 1.82) is 0 Å². The van der Waals surface area contributed by atoms with Crippen LogP contribution in [0.1, 0.15) is 58.5 Å². The van der Waals surface area contributed by atoms with Gasteiger partial charge >= 0.3 is 0 Å². The summed E-state index contributed by atoms with van der Waals surface area (Å²) in [6.45, 7) is 3.70. The van der Waals surface area contributed by atoms with E-state index in [-0.39, 0.29) is 23.5 Å². The Morgan fingerprint density at radius 2 is 2.00 bits per heavy atom. The first kappa shape index (κ1) is 20.5. The van der Waals surface area contributed by atoms with Crippen molar-refractivity contribution < 1.29 is 13.2 Å². The third-order valence-electron chi connectivity index (χ3n) is 6.17. The number of carbonyl (C=O) groups excluding carboxylic acids is 1. The first-order valence-electron chi connectivity index (χ1n) is 10.4. The number of aromatic nitrogens is 3. The smallest absolute Gasteiger partial charge is 0.256 e. The van der Waals surface area contributed by atoms with E-state index in [0.29, 0.717) is 45.3 Å². The average Bonchev–Trinajstić information content (AvgIpc) is 3.44. The molecule has 1 unspecified atom stereocenters. The van der Waals surface area contributed by atoms with Crippen LogP contribution in [0.15, 0.2) is 24.3 Å². The summed E-state index contributed by atoms with van der Waals surface area (Å²) in [5.41, 5.74) is 4.09. The molecule has 2 fully saturated rings. The Morgan fingerprint density at radius 1 is 1.23 bits per heavy atom. The van der Waals surface area contributed by atoms with Crippen molar-refractivity contribution in [2.45, 2.75) is 45.1 Å². The van der Waals surface area contributed by atoms with E-state index in [0.717, 1.165) is 24.1 Å². The Bertz CT molecular complexity index is 1330. The second-order valence-corrected chi connectivity index (χ2v) is 11.2. The minimum atomic E-state index is -3.07. The van der Waals surface area contributed by atoms with Crippen molar-refractivity contribution in [1.82, 2.24) is 14.8 Å². The van der Waals surface area contributed by atoms with Crippen molar-refractivity contribution in [3.63, 3.8) is 0 Å². The third kappa shape index (κ3) is 3.72. The molecular formula is C22H23ClN4O3S. The lowest BCUT2D eigenvalue weighted by molar-refractivity contribution is 0.102. The molecule has 3 aromatic rings. The van der Waals surface area contributed by atoms with Crippen LogP contribution in [-0.2, 0) is 9.84 Å². The minimum Gasteiger partial charge on any atom is -0.322 e. The number of aryl methyl sites for hydroxylation is 1. The molecule has 2 aliphatic rings. The van der Waals surface area contributed by atoms with E-state index in [1.807, 2.05) is 26.0 Å². The number of anilines is 1. The number of amides is 1. The molecule has 0 radical (unpaired) electrons. The number of sulfone groups is 1. The van der Waals surface area contributed by atoms with E-state index >= 15 is 0 Å². The number of carbonyl (C=O) groups is 1. The predicted molar refractivity (Wildman–Crippen MR) is 121 cm³/mol. The molecule has 1 saturated carbocycles. The lowest BCUT2D eigenvalue weighted by Crippen LogP contribution is -2.16. The summed E-state index contributed by atoms with van der Waals surface area (Å²) >= 11 is 6.21. The summed E-state index contributed by atoms with van der Waals surface area (Å²) < 4.78 is 25.8. The number of rotatable bonds is 4. The molecule has 1 aliphatic carbocycles. The van der Waals surface area contributed by atoms with Crippen LogP contribution < -0.4 is 5.32 Å². The van der Waals surface area contributed by atoms with Crippen molar-refractivity contribution in [3.8, 4) is 0 Å². The van der Waals surface area contributed by atoms with E-state index in [4.69, 9.17) is 16.6 Å². The summed E-state index contributed by atoms with van der Waals surface area (Å²) in [5.74, 6) is 0.296. The van der Waals surface area contributed by atoms with E-state index in [2.05, 4.69) is 10.4 Å². The van der Waals surface area contributed by atoms with Crippen LogP contribution >= 0.6 is 11.6 Å². The lowest BCUT2D eigenvalue weighted by atomic mass is 10.1. The number of halogens is 1. The van der Waals surface area contributed by atoms with Gasteiger partial charge in [0.05, 0.1) is 34.2 Å². The van der Waals surface area contributed by atoms with Crippen LogP contribution in [-0.4, -0.2) is 40.6 Å². The van der Waals surface area contributed by atoms with Crippen molar-refractivity contribution in [2.75, 3.05) is 16.8 Å². The predicted octanol–water partition coefficient (Wildman–Crippen LogP) is 4.19. The van der Waals surface area contributed by atoms with Gasteiger partial charge in [-0.1, -0.05) is 17.7 Å². The van der Waals surface area contributed by atoms with Gasteiger partial charge in [0.1, 0.15) is 0 Å². The highest BCUT2D eigenvalue weighted by Crippen LogP contribution is 2.41. The summed E-state index contributed by atoms with van der Waals surface area (Å²) in [6.07, 6.45) is 2.59. The Balaban J connectivity index is 1.62. The summed E-state index contributed by atoms with van der Waals surface area (Å²) in [7, 11) is -3.07. The van der Waals surface area contributed by atoms with Crippen molar-refractivity contribution in [2.24, 2.45) is 0 Å². The maximum atomic E-state index is 13.4. The number of hydrogen-bond donors (Lipinski definition) is 1. The van der Waals surface area contributed by atoms with Gasteiger partial charge < -0.3 is 5.32 Å². The highest BCUT2D eigenvalue weighted by molar-refractivity contribution is 7.91.